The molecule has 1 aromatic heterocycles. The molecule has 1 N–H and O–H groups in total. The molecule has 1 aromatic rings. The van der Waals surface area contributed by atoms with Crippen LogP contribution in [0.2, 0.25) is 0 Å². The molecule has 0 amide bonds. The quantitative estimate of drug-likeness (QED) is 0.700. The van der Waals surface area contributed by atoms with E-state index in [0.717, 1.165) is 24.8 Å². The fourth-order valence-electron chi connectivity index (χ4n) is 1.86. The molecule has 1 aliphatic carbocycles. The lowest BCUT2D eigenvalue weighted by Crippen LogP contribution is -2.19. The van der Waals surface area contributed by atoms with Gasteiger partial charge < -0.3 is 5.32 Å². The number of aromatic nitrogens is 4. The van der Waals surface area contributed by atoms with E-state index in [2.05, 4.69) is 34.7 Å². The third-order valence-corrected chi connectivity index (χ3v) is 3.13. The second kappa shape index (κ2) is 6.10. The Morgan fingerprint density at radius 3 is 2.88 bits per heavy atom. The van der Waals surface area contributed by atoms with Gasteiger partial charge in [0.15, 0.2) is 5.82 Å². The smallest absolute Gasteiger partial charge is 0.165 e. The van der Waals surface area contributed by atoms with Crippen LogP contribution in [0.4, 0.5) is 0 Å². The van der Waals surface area contributed by atoms with Crippen LogP contribution in [0.5, 0.6) is 0 Å². The molecule has 0 atom stereocenters. The maximum Gasteiger partial charge on any atom is 0.165 e. The Kier molecular flexibility index (Phi) is 4.48. The average Bonchev–Trinajstić information content (AvgIpc) is 3.02. The van der Waals surface area contributed by atoms with Gasteiger partial charge in [0, 0.05) is 12.6 Å². The van der Waals surface area contributed by atoms with Crippen LogP contribution in [0, 0.1) is 5.92 Å². The summed E-state index contributed by atoms with van der Waals surface area (Å²) in [7, 11) is 0. The fraction of sp³-hybridized carbons (Fsp3) is 0.917. The van der Waals surface area contributed by atoms with Crippen molar-refractivity contribution in [1.82, 2.24) is 25.5 Å². The largest absolute Gasteiger partial charge is 0.307 e. The van der Waals surface area contributed by atoms with E-state index in [1.807, 2.05) is 4.68 Å². The Bertz CT molecular complexity index is 329. The topological polar surface area (TPSA) is 55.6 Å². The van der Waals surface area contributed by atoms with Gasteiger partial charge in [-0.2, -0.15) is 0 Å². The zero-order chi connectivity index (χ0) is 12.1. The summed E-state index contributed by atoms with van der Waals surface area (Å²) in [6.45, 7) is 6.28. The summed E-state index contributed by atoms with van der Waals surface area (Å²) in [6.07, 6.45) is 6.32. The Morgan fingerprint density at radius 2 is 2.18 bits per heavy atom. The molecule has 1 fully saturated rings. The minimum absolute atomic E-state index is 0.709. The first-order valence-electron chi connectivity index (χ1n) is 6.74. The fourth-order valence-corrected chi connectivity index (χ4v) is 1.86. The van der Waals surface area contributed by atoms with Crippen molar-refractivity contribution in [1.29, 1.82) is 0 Å². The average molecular weight is 237 g/mol. The van der Waals surface area contributed by atoms with E-state index in [4.69, 9.17) is 0 Å². The number of nitrogens with one attached hydrogen (secondary N) is 1. The Hall–Kier alpha value is -0.970. The molecule has 0 aromatic carbocycles. The first-order valence-corrected chi connectivity index (χ1v) is 6.74. The SMILES string of the molecule is CC(C)CCCCn1nnnc1CNC1CC1. The molecule has 0 radical (unpaired) electrons. The molecular formula is C12H23N5. The Labute approximate surface area is 103 Å². The van der Waals surface area contributed by atoms with Crippen LogP contribution >= 0.6 is 0 Å². The zero-order valence-corrected chi connectivity index (χ0v) is 10.9. The summed E-state index contributed by atoms with van der Waals surface area (Å²) in [4.78, 5) is 0. The maximum absolute atomic E-state index is 4.07. The van der Waals surface area contributed by atoms with Crippen molar-refractivity contribution >= 4 is 0 Å². The number of rotatable bonds is 8. The molecule has 0 saturated heterocycles. The second-order valence-electron chi connectivity index (χ2n) is 5.36. The van der Waals surface area contributed by atoms with Crippen LogP contribution < -0.4 is 5.32 Å². The van der Waals surface area contributed by atoms with Gasteiger partial charge in [-0.15, -0.1) is 5.10 Å². The maximum atomic E-state index is 4.07. The van der Waals surface area contributed by atoms with Crippen LogP contribution in [0.3, 0.4) is 0 Å². The minimum Gasteiger partial charge on any atom is -0.307 e. The van der Waals surface area contributed by atoms with E-state index in [9.17, 15) is 0 Å². The molecule has 0 bridgehead atoms. The molecule has 0 spiro atoms. The van der Waals surface area contributed by atoms with Crippen molar-refractivity contribution < 1.29 is 0 Å². The van der Waals surface area contributed by atoms with E-state index in [0.29, 0.717) is 6.04 Å². The predicted octanol–water partition coefficient (Wildman–Crippen LogP) is 1.75. The summed E-state index contributed by atoms with van der Waals surface area (Å²) in [5.74, 6) is 1.77. The monoisotopic (exact) mass is 237 g/mol. The van der Waals surface area contributed by atoms with Gasteiger partial charge in [0.05, 0.1) is 6.54 Å². The summed E-state index contributed by atoms with van der Waals surface area (Å²) < 4.78 is 1.94. The third kappa shape index (κ3) is 4.42. The summed E-state index contributed by atoms with van der Waals surface area (Å²) >= 11 is 0. The molecule has 0 aliphatic heterocycles. The molecule has 5 nitrogen and oxygen atoms in total. The van der Waals surface area contributed by atoms with Crippen LogP contribution in [-0.4, -0.2) is 26.2 Å². The van der Waals surface area contributed by atoms with Gasteiger partial charge >= 0.3 is 0 Å². The molecule has 1 saturated carbocycles. The third-order valence-electron chi connectivity index (χ3n) is 3.13. The van der Waals surface area contributed by atoms with Gasteiger partial charge in [-0.05, 0) is 35.6 Å². The van der Waals surface area contributed by atoms with E-state index in [1.54, 1.807) is 0 Å². The highest BCUT2D eigenvalue weighted by Crippen LogP contribution is 2.18. The highest BCUT2D eigenvalue weighted by Gasteiger charge is 2.21. The summed E-state index contributed by atoms with van der Waals surface area (Å²) in [5.41, 5.74) is 0. The minimum atomic E-state index is 0.709. The zero-order valence-electron chi connectivity index (χ0n) is 10.9. The first-order chi connectivity index (χ1) is 8.25. The lowest BCUT2D eigenvalue weighted by Gasteiger charge is -2.06. The lowest BCUT2D eigenvalue weighted by atomic mass is 10.1. The van der Waals surface area contributed by atoms with Gasteiger partial charge in [-0.3, -0.25) is 0 Å². The Morgan fingerprint density at radius 1 is 1.35 bits per heavy atom. The van der Waals surface area contributed by atoms with Crippen LogP contribution in [0.25, 0.3) is 0 Å². The van der Waals surface area contributed by atoms with Crippen molar-refractivity contribution in [3.8, 4) is 0 Å². The van der Waals surface area contributed by atoms with Crippen LogP contribution in [-0.2, 0) is 13.1 Å². The van der Waals surface area contributed by atoms with Crippen molar-refractivity contribution in [3.63, 3.8) is 0 Å². The number of tetrazole rings is 1. The molecule has 1 aliphatic rings. The van der Waals surface area contributed by atoms with Crippen molar-refractivity contribution in [3.05, 3.63) is 5.82 Å². The van der Waals surface area contributed by atoms with Gasteiger partial charge in [-0.25, -0.2) is 4.68 Å². The van der Waals surface area contributed by atoms with Crippen molar-refractivity contribution in [2.24, 2.45) is 5.92 Å². The van der Waals surface area contributed by atoms with Gasteiger partial charge in [0.1, 0.15) is 0 Å². The summed E-state index contributed by atoms with van der Waals surface area (Å²) in [5, 5.41) is 15.3. The van der Waals surface area contributed by atoms with Gasteiger partial charge in [0.25, 0.3) is 0 Å². The van der Waals surface area contributed by atoms with E-state index < -0.39 is 0 Å². The van der Waals surface area contributed by atoms with Crippen LogP contribution in [0.1, 0.15) is 51.8 Å². The highest BCUT2D eigenvalue weighted by molar-refractivity contribution is 4.86. The molecule has 2 rings (SSSR count). The molecule has 96 valence electrons. The van der Waals surface area contributed by atoms with E-state index in [-0.39, 0.29) is 0 Å². The molecule has 5 heteroatoms. The lowest BCUT2D eigenvalue weighted by molar-refractivity contribution is 0.471. The number of unbranched alkanes of at least 4 members (excludes halogenated alkanes) is 1. The normalized spacial score (nSPS) is 15.7. The predicted molar refractivity (Wildman–Crippen MR) is 66.4 cm³/mol. The molecule has 17 heavy (non-hydrogen) atoms. The standard InChI is InChI=1S/C12H23N5/c1-10(2)5-3-4-8-17-12(14-15-16-17)9-13-11-6-7-11/h10-11,13H,3-9H2,1-2H3. The molecule has 0 unspecified atom stereocenters. The second-order valence-corrected chi connectivity index (χ2v) is 5.36. The number of aryl methyl sites for hydroxylation is 1. The molecular weight excluding hydrogens is 214 g/mol. The van der Waals surface area contributed by atoms with E-state index in [1.165, 1.54) is 32.1 Å². The van der Waals surface area contributed by atoms with Gasteiger partial charge in [0.2, 0.25) is 0 Å². The number of hydrogen-bond acceptors (Lipinski definition) is 4. The molecule has 1 heterocycles. The highest BCUT2D eigenvalue weighted by atomic mass is 15.5. The van der Waals surface area contributed by atoms with E-state index >= 15 is 0 Å². The number of hydrogen-bond donors (Lipinski definition) is 1. The Balaban J connectivity index is 1.69. The summed E-state index contributed by atoms with van der Waals surface area (Å²) in [6, 6.07) is 0.709. The first kappa shape index (κ1) is 12.5. The van der Waals surface area contributed by atoms with Crippen molar-refractivity contribution in [2.45, 2.75) is 65.1 Å². The van der Waals surface area contributed by atoms with Crippen LogP contribution in [0.15, 0.2) is 0 Å². The number of nitrogens with zero attached hydrogens (tertiary/aromatic N) is 4. The van der Waals surface area contributed by atoms with Crippen molar-refractivity contribution in [2.75, 3.05) is 0 Å². The van der Waals surface area contributed by atoms with Gasteiger partial charge in [-0.1, -0.05) is 26.7 Å².